The molecule has 0 aromatic carbocycles. The summed E-state index contributed by atoms with van der Waals surface area (Å²) in [4.78, 5) is 71.2. The van der Waals surface area contributed by atoms with Crippen molar-refractivity contribution in [1.82, 2.24) is 0 Å². The van der Waals surface area contributed by atoms with Crippen LogP contribution in [0.1, 0.15) is 247 Å². The number of aliphatic hydroxyl groups is 1. The third-order valence-corrected chi connectivity index (χ3v) is 14.2. The SMILES string of the molecule is CCCCCCCC(=O)OC[C@H](COP(=O)(O)OC[C@H](O)COP(=O)(O)OC[C@@H](COC(=O)CCCCCCCCC(C)CC)OC(=O)CCCCCCCCCCCC(C)C)OC(=O)CCCCCCC. The molecule has 0 aromatic heterocycles. The summed E-state index contributed by atoms with van der Waals surface area (Å²) in [6.45, 7) is 9.15. The molecule has 3 unspecified atom stereocenters. The van der Waals surface area contributed by atoms with Crippen LogP contribution in [0.3, 0.4) is 0 Å². The zero-order valence-electron chi connectivity index (χ0n) is 45.7. The van der Waals surface area contributed by atoms with E-state index in [-0.39, 0.29) is 25.7 Å². The highest BCUT2D eigenvalue weighted by atomic mass is 31.2. The Balaban J connectivity index is 5.16. The van der Waals surface area contributed by atoms with Gasteiger partial charge < -0.3 is 33.8 Å². The van der Waals surface area contributed by atoms with Crippen LogP contribution in [-0.2, 0) is 65.4 Å². The van der Waals surface area contributed by atoms with E-state index in [1.165, 1.54) is 51.4 Å². The molecule has 0 aliphatic heterocycles. The van der Waals surface area contributed by atoms with Gasteiger partial charge in [0.2, 0.25) is 0 Å². The number of hydrogen-bond acceptors (Lipinski definition) is 15. The summed E-state index contributed by atoms with van der Waals surface area (Å²) < 4.78 is 67.1. The van der Waals surface area contributed by atoms with Crippen molar-refractivity contribution in [3.63, 3.8) is 0 Å². The summed E-state index contributed by atoms with van der Waals surface area (Å²) in [6, 6.07) is 0. The maximum absolute atomic E-state index is 12.9. The molecule has 0 rings (SSSR count). The van der Waals surface area contributed by atoms with Crippen LogP contribution in [0.5, 0.6) is 0 Å². The van der Waals surface area contributed by atoms with Gasteiger partial charge >= 0.3 is 39.5 Å². The van der Waals surface area contributed by atoms with Crippen molar-refractivity contribution in [1.29, 1.82) is 0 Å². The molecular weight excluding hydrogens is 971 g/mol. The maximum Gasteiger partial charge on any atom is 0.472 e. The molecule has 0 aliphatic rings. The van der Waals surface area contributed by atoms with Gasteiger partial charge in [0, 0.05) is 25.7 Å². The molecule has 0 bridgehead atoms. The van der Waals surface area contributed by atoms with Gasteiger partial charge in [0.1, 0.15) is 19.3 Å². The fourth-order valence-corrected chi connectivity index (χ4v) is 9.13. The van der Waals surface area contributed by atoms with E-state index in [0.29, 0.717) is 25.7 Å². The quantitative estimate of drug-likeness (QED) is 0.0222. The van der Waals surface area contributed by atoms with Crippen LogP contribution >= 0.6 is 15.6 Å². The first kappa shape index (κ1) is 70.1. The highest BCUT2D eigenvalue weighted by Crippen LogP contribution is 2.45. The third-order valence-electron chi connectivity index (χ3n) is 12.3. The molecule has 426 valence electrons. The fourth-order valence-electron chi connectivity index (χ4n) is 7.55. The molecule has 0 aliphatic carbocycles. The van der Waals surface area contributed by atoms with Crippen LogP contribution in [0.25, 0.3) is 0 Å². The van der Waals surface area contributed by atoms with E-state index in [2.05, 4.69) is 41.5 Å². The smallest absolute Gasteiger partial charge is 0.462 e. The lowest BCUT2D eigenvalue weighted by Gasteiger charge is -2.21. The molecule has 19 heteroatoms. The summed E-state index contributed by atoms with van der Waals surface area (Å²) >= 11 is 0. The molecular formula is C53H102O17P2. The van der Waals surface area contributed by atoms with Crippen LogP contribution in [0, 0.1) is 11.8 Å². The first-order valence-corrected chi connectivity index (χ1v) is 31.0. The van der Waals surface area contributed by atoms with E-state index >= 15 is 0 Å². The molecule has 17 nitrogen and oxygen atoms in total. The normalized spacial score (nSPS) is 15.0. The Labute approximate surface area is 435 Å². The highest BCUT2D eigenvalue weighted by molar-refractivity contribution is 7.47. The number of ether oxygens (including phenoxy) is 4. The number of rotatable bonds is 52. The average Bonchev–Trinajstić information content (AvgIpc) is 3.34. The lowest BCUT2D eigenvalue weighted by molar-refractivity contribution is -0.161. The second-order valence-corrected chi connectivity index (χ2v) is 22.9. The van der Waals surface area contributed by atoms with E-state index in [0.717, 1.165) is 115 Å². The Bertz CT molecular complexity index is 1450. The Hall–Kier alpha value is -1.94. The van der Waals surface area contributed by atoms with Gasteiger partial charge in [-0.2, -0.15) is 0 Å². The topological polar surface area (TPSA) is 237 Å². The van der Waals surface area contributed by atoms with E-state index < -0.39 is 97.5 Å². The highest BCUT2D eigenvalue weighted by Gasteiger charge is 2.30. The average molecular weight is 1070 g/mol. The molecule has 0 aromatic rings. The molecule has 0 heterocycles. The lowest BCUT2D eigenvalue weighted by atomic mass is 10.00. The van der Waals surface area contributed by atoms with Gasteiger partial charge in [-0.1, -0.05) is 196 Å². The molecule has 0 saturated carbocycles. The van der Waals surface area contributed by atoms with Crippen molar-refractivity contribution >= 4 is 39.5 Å². The van der Waals surface area contributed by atoms with E-state index in [1.54, 1.807) is 0 Å². The number of unbranched alkanes of at least 4 members (excludes halogenated alkanes) is 21. The van der Waals surface area contributed by atoms with Crippen LogP contribution in [0.4, 0.5) is 0 Å². The van der Waals surface area contributed by atoms with Gasteiger partial charge in [0.05, 0.1) is 26.4 Å². The van der Waals surface area contributed by atoms with Crippen LogP contribution in [0.15, 0.2) is 0 Å². The predicted octanol–water partition coefficient (Wildman–Crippen LogP) is 13.4. The summed E-state index contributed by atoms with van der Waals surface area (Å²) in [6.07, 6.45) is 24.7. The molecule has 0 spiro atoms. The minimum absolute atomic E-state index is 0.0982. The molecule has 72 heavy (non-hydrogen) atoms. The van der Waals surface area contributed by atoms with Crippen molar-refractivity contribution in [2.24, 2.45) is 11.8 Å². The molecule has 0 saturated heterocycles. The van der Waals surface area contributed by atoms with Crippen LogP contribution in [0.2, 0.25) is 0 Å². The van der Waals surface area contributed by atoms with Crippen molar-refractivity contribution in [3.8, 4) is 0 Å². The standard InChI is InChI=1S/C53H102O17P2/c1-7-10-12-21-29-35-50(55)63-41-48(69-52(57)37-31-22-13-11-8-2)43-67-71(59,60)65-39-47(54)40-66-72(61,62)68-44-49(42-64-51(56)36-30-25-20-19-24-28-34-46(6)9-3)70-53(58)38-32-26-18-16-14-15-17-23-27-33-45(4)5/h45-49,54H,7-44H2,1-6H3,(H,59,60)(H,61,62)/t46?,47-,48+,49+/m0/s1. The zero-order valence-corrected chi connectivity index (χ0v) is 47.5. The van der Waals surface area contributed by atoms with E-state index in [4.69, 9.17) is 37.0 Å². The van der Waals surface area contributed by atoms with Gasteiger partial charge in [0.25, 0.3) is 0 Å². The van der Waals surface area contributed by atoms with Gasteiger partial charge in [0.15, 0.2) is 12.2 Å². The number of phosphoric ester groups is 2. The number of aliphatic hydroxyl groups excluding tert-OH is 1. The number of phosphoric acid groups is 2. The van der Waals surface area contributed by atoms with Crippen molar-refractivity contribution in [3.05, 3.63) is 0 Å². The predicted molar refractivity (Wildman–Crippen MR) is 280 cm³/mol. The second kappa shape index (κ2) is 46.4. The first-order valence-electron chi connectivity index (χ1n) is 28.0. The summed E-state index contributed by atoms with van der Waals surface area (Å²) in [5.74, 6) is -0.706. The fraction of sp³-hybridized carbons (Fsp3) is 0.925. The Morgan fingerprint density at radius 1 is 0.403 bits per heavy atom. The van der Waals surface area contributed by atoms with Gasteiger partial charge in [-0.3, -0.25) is 37.3 Å². The van der Waals surface area contributed by atoms with Crippen molar-refractivity contribution < 1.29 is 80.2 Å². The first-order chi connectivity index (χ1) is 34.4. The van der Waals surface area contributed by atoms with Crippen molar-refractivity contribution in [2.75, 3.05) is 39.6 Å². The maximum atomic E-state index is 12.9. The Morgan fingerprint density at radius 3 is 1.06 bits per heavy atom. The zero-order chi connectivity index (χ0) is 53.7. The van der Waals surface area contributed by atoms with Crippen LogP contribution in [-0.4, -0.2) is 96.7 Å². The van der Waals surface area contributed by atoms with E-state index in [1.807, 2.05) is 0 Å². The number of esters is 4. The van der Waals surface area contributed by atoms with Gasteiger partial charge in [-0.25, -0.2) is 9.13 Å². The van der Waals surface area contributed by atoms with Gasteiger partial charge in [-0.15, -0.1) is 0 Å². The molecule has 6 atom stereocenters. The monoisotopic (exact) mass is 1070 g/mol. The largest absolute Gasteiger partial charge is 0.472 e. The second-order valence-electron chi connectivity index (χ2n) is 20.0. The minimum atomic E-state index is -4.93. The number of carbonyl (C=O) groups excluding carboxylic acids is 4. The molecule has 0 fully saturated rings. The summed E-state index contributed by atoms with van der Waals surface area (Å²) in [7, 11) is -9.85. The summed E-state index contributed by atoms with van der Waals surface area (Å²) in [5, 5.41) is 10.4. The number of carbonyl (C=O) groups is 4. The van der Waals surface area contributed by atoms with E-state index in [9.17, 15) is 43.2 Å². The molecule has 0 radical (unpaired) electrons. The Morgan fingerprint density at radius 2 is 0.708 bits per heavy atom. The lowest BCUT2D eigenvalue weighted by Crippen LogP contribution is -2.30. The number of hydrogen-bond donors (Lipinski definition) is 3. The molecule has 3 N–H and O–H groups in total. The summed E-state index contributed by atoms with van der Waals surface area (Å²) in [5.41, 5.74) is 0. The molecule has 0 amide bonds. The third kappa shape index (κ3) is 46.6. The van der Waals surface area contributed by atoms with Crippen LogP contribution < -0.4 is 0 Å². The minimum Gasteiger partial charge on any atom is -0.462 e. The van der Waals surface area contributed by atoms with Gasteiger partial charge in [-0.05, 0) is 37.5 Å². The Kier molecular flexibility index (Phi) is 45.1. The van der Waals surface area contributed by atoms with Crippen molar-refractivity contribution in [2.45, 2.75) is 265 Å².